The van der Waals surface area contributed by atoms with Crippen molar-refractivity contribution < 1.29 is 13.5 Å². The molecular weight excluding hydrogens is 333 g/mol. The molecule has 21 heavy (non-hydrogen) atoms. The Labute approximate surface area is 133 Å². The van der Waals surface area contributed by atoms with E-state index in [9.17, 15) is 9.00 Å². The third-order valence-electron chi connectivity index (χ3n) is 3.39. The van der Waals surface area contributed by atoms with Crippen LogP contribution in [0.3, 0.4) is 0 Å². The summed E-state index contributed by atoms with van der Waals surface area (Å²) in [4.78, 5) is 13.0. The molecule has 110 valence electrons. The van der Waals surface area contributed by atoms with Crippen LogP contribution < -0.4 is 0 Å². The van der Waals surface area contributed by atoms with E-state index >= 15 is 0 Å². The second-order valence-corrected chi connectivity index (χ2v) is 7.01. The fourth-order valence-electron chi connectivity index (χ4n) is 2.20. The van der Waals surface area contributed by atoms with Gasteiger partial charge in [0.1, 0.15) is 6.26 Å². The highest BCUT2D eigenvalue weighted by Gasteiger charge is 2.33. The number of hydrogen-bond donors (Lipinski definition) is 0. The number of rotatable bonds is 4. The van der Waals surface area contributed by atoms with E-state index in [2.05, 4.69) is 5.16 Å². The maximum atomic E-state index is 12.7. The van der Waals surface area contributed by atoms with Crippen LogP contribution in [0.1, 0.15) is 40.4 Å². The van der Waals surface area contributed by atoms with Crippen molar-refractivity contribution in [3.05, 3.63) is 45.3 Å². The summed E-state index contributed by atoms with van der Waals surface area (Å²) in [7, 11) is -1.43. The van der Waals surface area contributed by atoms with Crippen molar-refractivity contribution in [1.29, 1.82) is 0 Å². The summed E-state index contributed by atoms with van der Waals surface area (Å²) in [5.74, 6) is -0.0111. The molecule has 1 aliphatic carbocycles. The number of nitrogens with zero attached hydrogens (tertiary/aromatic N) is 1. The first-order valence-electron chi connectivity index (χ1n) is 6.31. The van der Waals surface area contributed by atoms with Gasteiger partial charge >= 0.3 is 0 Å². The van der Waals surface area contributed by atoms with Crippen LogP contribution in [-0.2, 0) is 10.8 Å². The molecule has 0 amide bonds. The lowest BCUT2D eigenvalue weighted by Crippen LogP contribution is -2.08. The number of aromatic nitrogens is 1. The minimum absolute atomic E-state index is 0.146. The Bertz CT molecular complexity index is 753. The molecule has 1 aromatic heterocycles. The molecule has 0 bridgehead atoms. The molecule has 1 atom stereocenters. The van der Waals surface area contributed by atoms with Crippen LogP contribution >= 0.6 is 23.2 Å². The molecule has 1 heterocycles. The third kappa shape index (κ3) is 2.65. The predicted molar refractivity (Wildman–Crippen MR) is 80.7 cm³/mol. The molecule has 1 fully saturated rings. The first-order chi connectivity index (χ1) is 10.0. The summed E-state index contributed by atoms with van der Waals surface area (Å²) in [6, 6.07) is 3.06. The van der Waals surface area contributed by atoms with Crippen LogP contribution in [-0.4, -0.2) is 21.4 Å². The van der Waals surface area contributed by atoms with E-state index in [0.29, 0.717) is 11.3 Å². The fraction of sp³-hybridized carbons (Fsp3) is 0.286. The van der Waals surface area contributed by atoms with Crippen LogP contribution in [0.4, 0.5) is 0 Å². The van der Waals surface area contributed by atoms with Crippen LogP contribution in [0, 0.1) is 0 Å². The third-order valence-corrected chi connectivity index (χ3v) is 5.30. The second-order valence-electron chi connectivity index (χ2n) is 4.91. The predicted octanol–water partition coefficient (Wildman–Crippen LogP) is 3.83. The van der Waals surface area contributed by atoms with E-state index in [1.54, 1.807) is 0 Å². The van der Waals surface area contributed by atoms with Gasteiger partial charge in [-0.1, -0.05) is 28.4 Å². The molecular formula is C14H11Cl2NO3S. The lowest BCUT2D eigenvalue weighted by atomic mass is 10.0. The number of hydrogen-bond acceptors (Lipinski definition) is 4. The monoisotopic (exact) mass is 343 g/mol. The summed E-state index contributed by atoms with van der Waals surface area (Å²) in [6.45, 7) is 0. The van der Waals surface area contributed by atoms with Crippen LogP contribution in [0.25, 0.3) is 0 Å². The van der Waals surface area contributed by atoms with E-state index in [0.717, 1.165) is 12.8 Å². The van der Waals surface area contributed by atoms with E-state index in [1.165, 1.54) is 24.7 Å². The van der Waals surface area contributed by atoms with Crippen LogP contribution in [0.15, 0.2) is 27.8 Å². The smallest absolute Gasteiger partial charge is 0.199 e. The minimum Gasteiger partial charge on any atom is -0.364 e. The van der Waals surface area contributed by atoms with Crippen molar-refractivity contribution in [3.63, 3.8) is 0 Å². The summed E-state index contributed by atoms with van der Waals surface area (Å²) < 4.78 is 16.9. The molecule has 7 heteroatoms. The highest BCUT2D eigenvalue weighted by Crippen LogP contribution is 2.41. The van der Waals surface area contributed by atoms with Gasteiger partial charge in [-0.2, -0.15) is 0 Å². The van der Waals surface area contributed by atoms with Gasteiger partial charge in [-0.3, -0.25) is 9.00 Å². The molecule has 0 aliphatic heterocycles. The van der Waals surface area contributed by atoms with Gasteiger partial charge in [-0.15, -0.1) is 0 Å². The minimum atomic E-state index is -1.43. The molecule has 2 aromatic rings. The van der Waals surface area contributed by atoms with E-state index in [-0.39, 0.29) is 32.2 Å². The molecule has 0 saturated heterocycles. The van der Waals surface area contributed by atoms with Crippen molar-refractivity contribution in [3.8, 4) is 0 Å². The molecule has 4 nitrogen and oxygen atoms in total. The zero-order chi connectivity index (χ0) is 15.1. The molecule has 3 rings (SSSR count). The van der Waals surface area contributed by atoms with Gasteiger partial charge in [-0.25, -0.2) is 0 Å². The zero-order valence-electron chi connectivity index (χ0n) is 11.1. The van der Waals surface area contributed by atoms with Crippen molar-refractivity contribution in [2.75, 3.05) is 6.26 Å². The average Bonchev–Trinajstić information content (AvgIpc) is 3.17. The van der Waals surface area contributed by atoms with Crippen LogP contribution in [0.5, 0.6) is 0 Å². The van der Waals surface area contributed by atoms with Gasteiger partial charge in [0.15, 0.2) is 5.78 Å². The molecule has 0 N–H and O–H groups in total. The Morgan fingerprint density at radius 3 is 2.67 bits per heavy atom. The zero-order valence-corrected chi connectivity index (χ0v) is 13.4. The maximum absolute atomic E-state index is 12.7. The Hall–Kier alpha value is -1.17. The van der Waals surface area contributed by atoms with Gasteiger partial charge in [-0.05, 0) is 25.0 Å². The van der Waals surface area contributed by atoms with Crippen molar-refractivity contribution in [1.82, 2.24) is 5.16 Å². The molecule has 0 spiro atoms. The number of halogens is 2. The van der Waals surface area contributed by atoms with Gasteiger partial charge in [0.2, 0.25) is 0 Å². The Balaban J connectivity index is 2.11. The Morgan fingerprint density at radius 2 is 2.05 bits per heavy atom. The Morgan fingerprint density at radius 1 is 1.33 bits per heavy atom. The van der Waals surface area contributed by atoms with Crippen LogP contribution in [0.2, 0.25) is 10.0 Å². The number of benzene rings is 1. The summed E-state index contributed by atoms with van der Waals surface area (Å²) in [5, 5.41) is 4.32. The molecule has 1 aliphatic rings. The standard InChI is InChI=1S/C14H11Cl2NO3S/c1-21(19)14-8(4-5-10(15)11(14)16)13(18)9-6-20-17-12(9)7-2-3-7/h4-7H,2-3H2,1H3. The van der Waals surface area contributed by atoms with E-state index in [1.807, 2.05) is 0 Å². The van der Waals surface area contributed by atoms with Crippen molar-refractivity contribution in [2.45, 2.75) is 23.7 Å². The second kappa shape index (κ2) is 5.55. The number of ketones is 1. The van der Waals surface area contributed by atoms with Crippen molar-refractivity contribution in [2.24, 2.45) is 0 Å². The maximum Gasteiger partial charge on any atom is 0.199 e. The normalized spacial score (nSPS) is 16.0. The SMILES string of the molecule is CS(=O)c1c(C(=O)c2conc2C2CC2)ccc(Cl)c1Cl. The van der Waals surface area contributed by atoms with Gasteiger partial charge in [0.05, 0.1) is 37.0 Å². The Kier molecular flexibility index (Phi) is 3.90. The first-order valence-corrected chi connectivity index (χ1v) is 8.62. The highest BCUT2D eigenvalue weighted by atomic mass is 35.5. The lowest BCUT2D eigenvalue weighted by Gasteiger charge is -2.09. The lowest BCUT2D eigenvalue weighted by molar-refractivity contribution is 0.103. The topological polar surface area (TPSA) is 60.2 Å². The van der Waals surface area contributed by atoms with Gasteiger partial charge in [0.25, 0.3) is 0 Å². The first kappa shape index (κ1) is 14.8. The van der Waals surface area contributed by atoms with E-state index in [4.69, 9.17) is 27.7 Å². The highest BCUT2D eigenvalue weighted by molar-refractivity contribution is 7.84. The van der Waals surface area contributed by atoms with E-state index < -0.39 is 10.8 Å². The number of carbonyl (C=O) groups is 1. The quantitative estimate of drug-likeness (QED) is 0.791. The van der Waals surface area contributed by atoms with Crippen molar-refractivity contribution >= 4 is 39.8 Å². The molecule has 0 radical (unpaired) electrons. The average molecular weight is 344 g/mol. The summed E-state index contributed by atoms with van der Waals surface area (Å²) in [5.41, 5.74) is 1.34. The molecule has 1 saturated carbocycles. The molecule has 1 unspecified atom stereocenters. The largest absolute Gasteiger partial charge is 0.364 e. The van der Waals surface area contributed by atoms with Gasteiger partial charge < -0.3 is 4.52 Å². The summed E-state index contributed by atoms with van der Waals surface area (Å²) in [6.07, 6.45) is 4.80. The number of carbonyl (C=O) groups excluding carboxylic acids is 1. The molecule has 1 aromatic carbocycles. The summed E-state index contributed by atoms with van der Waals surface area (Å²) >= 11 is 12.0. The van der Waals surface area contributed by atoms with Gasteiger partial charge in [0, 0.05) is 17.7 Å². The fourth-order valence-corrected chi connectivity index (χ4v) is 3.74.